The summed E-state index contributed by atoms with van der Waals surface area (Å²) in [6, 6.07) is 13.3. The summed E-state index contributed by atoms with van der Waals surface area (Å²) < 4.78 is 0.761. The Morgan fingerprint density at radius 1 is 1.24 bits per heavy atom. The third kappa shape index (κ3) is 2.78. The topological polar surface area (TPSA) is 60.2 Å². The zero-order chi connectivity index (χ0) is 14.9. The van der Waals surface area contributed by atoms with Crippen LogP contribution in [0.1, 0.15) is 17.5 Å². The van der Waals surface area contributed by atoms with Gasteiger partial charge < -0.3 is 10.0 Å². The molecule has 1 N–H and O–H groups in total. The SMILES string of the molecule is N#Cc1ccc(N2CC[C@@](O)(c3ccc(Br)nc3)C2)cc1. The van der Waals surface area contributed by atoms with Gasteiger partial charge in [-0.25, -0.2) is 4.98 Å². The molecule has 1 aromatic heterocycles. The van der Waals surface area contributed by atoms with Crippen LogP contribution in [0.4, 0.5) is 5.69 Å². The Morgan fingerprint density at radius 2 is 2.00 bits per heavy atom. The minimum Gasteiger partial charge on any atom is -0.383 e. The number of hydrogen-bond donors (Lipinski definition) is 1. The maximum Gasteiger partial charge on any atom is 0.110 e. The molecule has 0 radical (unpaired) electrons. The van der Waals surface area contributed by atoms with Crippen molar-refractivity contribution in [2.24, 2.45) is 0 Å². The van der Waals surface area contributed by atoms with Crippen LogP contribution in [0, 0.1) is 11.3 Å². The highest BCUT2D eigenvalue weighted by Crippen LogP contribution is 2.34. The normalized spacial score (nSPS) is 21.3. The monoisotopic (exact) mass is 343 g/mol. The van der Waals surface area contributed by atoms with Crippen LogP contribution in [-0.2, 0) is 5.60 Å². The van der Waals surface area contributed by atoms with Crippen molar-refractivity contribution >= 4 is 21.6 Å². The number of pyridine rings is 1. The van der Waals surface area contributed by atoms with Gasteiger partial charge in [0.05, 0.1) is 18.2 Å². The summed E-state index contributed by atoms with van der Waals surface area (Å²) >= 11 is 3.30. The zero-order valence-corrected chi connectivity index (χ0v) is 12.9. The highest BCUT2D eigenvalue weighted by Gasteiger charge is 2.38. The van der Waals surface area contributed by atoms with Crippen molar-refractivity contribution in [3.63, 3.8) is 0 Å². The first kappa shape index (κ1) is 14.1. The van der Waals surface area contributed by atoms with Gasteiger partial charge in [0.2, 0.25) is 0 Å². The predicted octanol–water partition coefficient (Wildman–Crippen LogP) is 2.81. The predicted molar refractivity (Wildman–Crippen MR) is 83.8 cm³/mol. The lowest BCUT2D eigenvalue weighted by molar-refractivity contribution is 0.0603. The fourth-order valence-electron chi connectivity index (χ4n) is 2.65. The van der Waals surface area contributed by atoms with Crippen LogP contribution in [0.15, 0.2) is 47.2 Å². The number of rotatable bonds is 2. The summed E-state index contributed by atoms with van der Waals surface area (Å²) in [5.74, 6) is 0. The smallest absolute Gasteiger partial charge is 0.110 e. The Balaban J connectivity index is 1.80. The molecule has 4 nitrogen and oxygen atoms in total. The molecule has 0 saturated carbocycles. The number of nitrogens with zero attached hydrogens (tertiary/aromatic N) is 3. The maximum absolute atomic E-state index is 10.8. The first-order valence-electron chi connectivity index (χ1n) is 6.70. The number of nitriles is 1. The van der Waals surface area contributed by atoms with Gasteiger partial charge in [0.15, 0.2) is 0 Å². The van der Waals surface area contributed by atoms with Crippen molar-refractivity contribution in [3.8, 4) is 6.07 Å². The summed E-state index contributed by atoms with van der Waals surface area (Å²) in [5, 5.41) is 19.7. The number of anilines is 1. The lowest BCUT2D eigenvalue weighted by Gasteiger charge is -2.24. The molecule has 3 rings (SSSR count). The standard InChI is InChI=1S/C16H14BrN3O/c17-15-6-3-13(10-19-15)16(21)7-8-20(11-16)14-4-1-12(9-18)2-5-14/h1-6,10,21H,7-8,11H2/t16-/m0/s1. The van der Waals surface area contributed by atoms with E-state index >= 15 is 0 Å². The molecule has 1 fully saturated rings. The van der Waals surface area contributed by atoms with Gasteiger partial charge in [0, 0.05) is 24.0 Å². The molecular weight excluding hydrogens is 330 g/mol. The molecule has 1 saturated heterocycles. The number of aliphatic hydroxyl groups is 1. The van der Waals surface area contributed by atoms with E-state index in [1.807, 2.05) is 24.3 Å². The molecule has 0 unspecified atom stereocenters. The second-order valence-electron chi connectivity index (χ2n) is 5.23. The van der Waals surface area contributed by atoms with E-state index in [1.165, 1.54) is 0 Å². The average molecular weight is 344 g/mol. The molecule has 2 heterocycles. The van der Waals surface area contributed by atoms with E-state index in [-0.39, 0.29) is 0 Å². The minimum absolute atomic E-state index is 0.530. The first-order valence-corrected chi connectivity index (χ1v) is 7.49. The molecule has 5 heteroatoms. The molecule has 1 aliphatic heterocycles. The summed E-state index contributed by atoms with van der Waals surface area (Å²) in [5.41, 5.74) is 1.63. The van der Waals surface area contributed by atoms with Crippen molar-refractivity contribution in [1.29, 1.82) is 5.26 Å². The second kappa shape index (κ2) is 5.47. The van der Waals surface area contributed by atoms with Crippen LogP contribution in [-0.4, -0.2) is 23.2 Å². The fraction of sp³-hybridized carbons (Fsp3) is 0.250. The van der Waals surface area contributed by atoms with Crippen LogP contribution < -0.4 is 4.90 Å². The van der Waals surface area contributed by atoms with Gasteiger partial charge >= 0.3 is 0 Å². The summed E-state index contributed by atoms with van der Waals surface area (Å²) in [6.45, 7) is 1.31. The maximum atomic E-state index is 10.8. The zero-order valence-electron chi connectivity index (χ0n) is 11.3. The van der Waals surface area contributed by atoms with Crippen molar-refractivity contribution in [3.05, 3.63) is 58.3 Å². The Morgan fingerprint density at radius 3 is 2.62 bits per heavy atom. The first-order chi connectivity index (χ1) is 10.1. The third-order valence-electron chi connectivity index (χ3n) is 3.87. The Hall–Kier alpha value is -1.90. The summed E-state index contributed by atoms with van der Waals surface area (Å²) in [4.78, 5) is 6.32. The van der Waals surface area contributed by atoms with E-state index in [4.69, 9.17) is 5.26 Å². The molecule has 2 aromatic rings. The number of hydrogen-bond acceptors (Lipinski definition) is 4. The molecule has 21 heavy (non-hydrogen) atoms. The van der Waals surface area contributed by atoms with Crippen LogP contribution in [0.5, 0.6) is 0 Å². The Kier molecular flexibility index (Phi) is 3.66. The Labute approximate surface area is 131 Å². The largest absolute Gasteiger partial charge is 0.383 e. The van der Waals surface area contributed by atoms with E-state index < -0.39 is 5.60 Å². The van der Waals surface area contributed by atoms with Crippen LogP contribution >= 0.6 is 15.9 Å². The van der Waals surface area contributed by atoms with Crippen LogP contribution in [0.3, 0.4) is 0 Å². The van der Waals surface area contributed by atoms with Gasteiger partial charge in [-0.3, -0.25) is 0 Å². The van der Waals surface area contributed by atoms with E-state index in [2.05, 4.69) is 31.9 Å². The molecule has 106 valence electrons. The van der Waals surface area contributed by atoms with Crippen LogP contribution in [0.25, 0.3) is 0 Å². The highest BCUT2D eigenvalue weighted by atomic mass is 79.9. The van der Waals surface area contributed by atoms with Crippen molar-refractivity contribution < 1.29 is 5.11 Å². The van der Waals surface area contributed by atoms with Gasteiger partial charge in [-0.1, -0.05) is 6.07 Å². The van der Waals surface area contributed by atoms with E-state index in [9.17, 15) is 5.11 Å². The number of halogens is 1. The minimum atomic E-state index is -0.873. The molecular formula is C16H14BrN3O. The van der Waals surface area contributed by atoms with Gasteiger partial charge in [-0.15, -0.1) is 0 Å². The van der Waals surface area contributed by atoms with Crippen molar-refractivity contribution in [2.75, 3.05) is 18.0 Å². The molecule has 1 atom stereocenters. The second-order valence-corrected chi connectivity index (χ2v) is 6.04. The fourth-order valence-corrected chi connectivity index (χ4v) is 2.88. The Bertz CT molecular complexity index is 678. The van der Waals surface area contributed by atoms with E-state index in [1.54, 1.807) is 18.3 Å². The lowest BCUT2D eigenvalue weighted by atomic mass is 9.95. The van der Waals surface area contributed by atoms with Crippen molar-refractivity contribution in [2.45, 2.75) is 12.0 Å². The van der Waals surface area contributed by atoms with Crippen molar-refractivity contribution in [1.82, 2.24) is 4.98 Å². The van der Waals surface area contributed by atoms with Gasteiger partial charge in [0.25, 0.3) is 0 Å². The highest BCUT2D eigenvalue weighted by molar-refractivity contribution is 9.10. The molecule has 0 aliphatic carbocycles. The van der Waals surface area contributed by atoms with Gasteiger partial charge in [-0.2, -0.15) is 5.26 Å². The number of aromatic nitrogens is 1. The molecule has 1 aromatic carbocycles. The lowest BCUT2D eigenvalue weighted by Crippen LogP contribution is -2.30. The summed E-state index contributed by atoms with van der Waals surface area (Å²) in [6.07, 6.45) is 2.38. The molecule has 0 bridgehead atoms. The van der Waals surface area contributed by atoms with E-state index in [0.29, 0.717) is 18.5 Å². The molecule has 1 aliphatic rings. The molecule has 0 amide bonds. The third-order valence-corrected chi connectivity index (χ3v) is 4.34. The molecule has 0 spiro atoms. The van der Waals surface area contributed by atoms with Crippen LogP contribution in [0.2, 0.25) is 0 Å². The average Bonchev–Trinajstić information content (AvgIpc) is 2.92. The summed E-state index contributed by atoms with van der Waals surface area (Å²) in [7, 11) is 0. The quantitative estimate of drug-likeness (QED) is 0.851. The van der Waals surface area contributed by atoms with E-state index in [0.717, 1.165) is 22.4 Å². The number of β-amino-alcohol motifs (C(OH)–C–C–N with tert-alkyl or cyclic N) is 1. The van der Waals surface area contributed by atoms with Gasteiger partial charge in [0.1, 0.15) is 10.2 Å². The number of benzene rings is 1. The van der Waals surface area contributed by atoms with Gasteiger partial charge in [-0.05, 0) is 52.7 Å².